The Balaban J connectivity index is 1.71. The number of hydrogen-bond acceptors (Lipinski definition) is 5. The number of amides is 1. The molecule has 1 aliphatic rings. The zero-order valence-electron chi connectivity index (χ0n) is 17.1. The number of sulfonamides is 1. The SMILES string of the molecule is CC(CC(C)(C)c1ccccc1)NC(=O)c1sccc1S(=O)(=O)N1CCSCC1. The first-order chi connectivity index (χ1) is 13.7. The molecular weight excluding hydrogens is 424 g/mol. The summed E-state index contributed by atoms with van der Waals surface area (Å²) < 4.78 is 27.5. The predicted molar refractivity (Wildman–Crippen MR) is 121 cm³/mol. The van der Waals surface area contributed by atoms with Crippen molar-refractivity contribution in [1.29, 1.82) is 0 Å². The first-order valence-corrected chi connectivity index (χ1v) is 13.2. The Kier molecular flexibility index (Phi) is 7.09. The summed E-state index contributed by atoms with van der Waals surface area (Å²) >= 11 is 2.93. The molecule has 1 N–H and O–H groups in total. The van der Waals surface area contributed by atoms with E-state index in [9.17, 15) is 13.2 Å². The largest absolute Gasteiger partial charge is 0.349 e. The second-order valence-electron chi connectivity index (χ2n) is 7.96. The van der Waals surface area contributed by atoms with E-state index in [-0.39, 0.29) is 27.1 Å². The van der Waals surface area contributed by atoms with Gasteiger partial charge in [-0.15, -0.1) is 11.3 Å². The summed E-state index contributed by atoms with van der Waals surface area (Å²) in [6.07, 6.45) is 0.750. The summed E-state index contributed by atoms with van der Waals surface area (Å²) in [5.41, 5.74) is 1.10. The van der Waals surface area contributed by atoms with Gasteiger partial charge in [0.05, 0.1) is 0 Å². The molecule has 0 saturated carbocycles. The summed E-state index contributed by atoms with van der Waals surface area (Å²) in [5.74, 6) is 1.26. The van der Waals surface area contributed by atoms with Gasteiger partial charge in [-0.3, -0.25) is 4.79 Å². The lowest BCUT2D eigenvalue weighted by Gasteiger charge is -2.29. The maximum absolute atomic E-state index is 13.0. The van der Waals surface area contributed by atoms with Crippen molar-refractivity contribution in [3.8, 4) is 0 Å². The number of carbonyl (C=O) groups excluding carboxylic acids is 1. The van der Waals surface area contributed by atoms with Gasteiger partial charge in [0.15, 0.2) is 0 Å². The third-order valence-electron chi connectivity index (χ3n) is 5.17. The molecule has 0 aliphatic carbocycles. The lowest BCUT2D eigenvalue weighted by molar-refractivity contribution is 0.0935. The molecule has 0 spiro atoms. The Morgan fingerprint density at radius 1 is 1.17 bits per heavy atom. The smallest absolute Gasteiger partial charge is 0.262 e. The molecule has 1 aliphatic heterocycles. The number of nitrogens with zero attached hydrogens (tertiary/aromatic N) is 1. The second kappa shape index (κ2) is 9.20. The number of carbonyl (C=O) groups is 1. The van der Waals surface area contributed by atoms with Crippen molar-refractivity contribution in [3.63, 3.8) is 0 Å². The van der Waals surface area contributed by atoms with Crippen molar-refractivity contribution in [1.82, 2.24) is 9.62 Å². The molecule has 2 aromatic rings. The van der Waals surface area contributed by atoms with Gasteiger partial charge >= 0.3 is 0 Å². The molecule has 8 heteroatoms. The number of rotatable bonds is 7. The molecule has 1 aromatic heterocycles. The zero-order valence-corrected chi connectivity index (χ0v) is 19.5. The van der Waals surface area contributed by atoms with E-state index >= 15 is 0 Å². The van der Waals surface area contributed by atoms with E-state index in [2.05, 4.69) is 31.3 Å². The van der Waals surface area contributed by atoms with Gasteiger partial charge in [0, 0.05) is 30.6 Å². The van der Waals surface area contributed by atoms with E-state index in [4.69, 9.17) is 0 Å². The highest BCUT2D eigenvalue weighted by molar-refractivity contribution is 7.99. The van der Waals surface area contributed by atoms with Crippen LogP contribution in [0.3, 0.4) is 0 Å². The van der Waals surface area contributed by atoms with Crippen molar-refractivity contribution in [2.45, 2.75) is 43.5 Å². The summed E-state index contributed by atoms with van der Waals surface area (Å²) in [6.45, 7) is 7.25. The zero-order chi connectivity index (χ0) is 21.1. The topological polar surface area (TPSA) is 66.5 Å². The molecule has 1 unspecified atom stereocenters. The first kappa shape index (κ1) is 22.3. The Hall–Kier alpha value is -1.35. The quantitative estimate of drug-likeness (QED) is 0.690. The molecule has 2 heterocycles. The molecule has 0 radical (unpaired) electrons. The van der Waals surface area contributed by atoms with Crippen LogP contribution < -0.4 is 5.32 Å². The van der Waals surface area contributed by atoms with Crippen LogP contribution in [0.25, 0.3) is 0 Å². The van der Waals surface area contributed by atoms with Crippen LogP contribution >= 0.6 is 23.1 Å². The lowest BCUT2D eigenvalue weighted by Crippen LogP contribution is -2.40. The van der Waals surface area contributed by atoms with E-state index in [1.54, 1.807) is 23.2 Å². The van der Waals surface area contributed by atoms with Crippen LogP contribution in [-0.2, 0) is 15.4 Å². The Morgan fingerprint density at radius 3 is 2.48 bits per heavy atom. The number of hydrogen-bond donors (Lipinski definition) is 1. The number of nitrogens with one attached hydrogen (secondary N) is 1. The average Bonchev–Trinajstić information content (AvgIpc) is 3.20. The molecule has 158 valence electrons. The van der Waals surface area contributed by atoms with Crippen LogP contribution in [0.2, 0.25) is 0 Å². The molecule has 5 nitrogen and oxygen atoms in total. The van der Waals surface area contributed by atoms with Crippen molar-refractivity contribution < 1.29 is 13.2 Å². The molecule has 1 saturated heterocycles. The lowest BCUT2D eigenvalue weighted by atomic mass is 9.79. The minimum Gasteiger partial charge on any atom is -0.349 e. The average molecular weight is 453 g/mol. The van der Waals surface area contributed by atoms with Crippen LogP contribution in [-0.4, -0.2) is 49.3 Å². The number of thioether (sulfide) groups is 1. The summed E-state index contributed by atoms with van der Waals surface area (Å²) in [4.78, 5) is 13.3. The van der Waals surface area contributed by atoms with E-state index in [0.717, 1.165) is 17.9 Å². The first-order valence-electron chi connectivity index (χ1n) is 9.73. The Bertz CT molecular complexity index is 933. The van der Waals surface area contributed by atoms with Crippen molar-refractivity contribution in [2.75, 3.05) is 24.6 Å². The fourth-order valence-corrected chi connectivity index (χ4v) is 7.58. The number of benzene rings is 1. The normalized spacial score (nSPS) is 17.1. The number of thiophene rings is 1. The minimum atomic E-state index is -3.64. The molecule has 3 rings (SSSR count). The third kappa shape index (κ3) is 5.23. The fraction of sp³-hybridized carbons (Fsp3) is 0.476. The monoisotopic (exact) mass is 452 g/mol. The fourth-order valence-electron chi connectivity index (χ4n) is 3.71. The van der Waals surface area contributed by atoms with Crippen molar-refractivity contribution in [2.24, 2.45) is 0 Å². The van der Waals surface area contributed by atoms with Crippen LogP contribution in [0.1, 0.15) is 42.4 Å². The third-order valence-corrected chi connectivity index (χ3v) is 9.10. The molecular formula is C21H28N2O3S3. The Labute approximate surface area is 181 Å². The van der Waals surface area contributed by atoms with Crippen molar-refractivity contribution >= 4 is 39.0 Å². The maximum atomic E-state index is 13.0. The summed E-state index contributed by atoms with van der Waals surface area (Å²) in [6, 6.07) is 11.7. The van der Waals surface area contributed by atoms with Crippen LogP contribution in [0.4, 0.5) is 0 Å². The second-order valence-corrected chi connectivity index (χ2v) is 12.0. The van der Waals surface area contributed by atoms with Gasteiger partial charge in [-0.05, 0) is 35.8 Å². The van der Waals surface area contributed by atoms with Gasteiger partial charge in [0.1, 0.15) is 9.77 Å². The summed E-state index contributed by atoms with van der Waals surface area (Å²) in [5, 5.41) is 4.69. The molecule has 1 fully saturated rings. The van der Waals surface area contributed by atoms with Crippen LogP contribution in [0.15, 0.2) is 46.7 Å². The standard InChI is InChI=1S/C21H28N2O3S3/c1-16(15-21(2,3)17-7-5-4-6-8-17)22-20(24)19-18(9-12-28-19)29(25,26)23-10-13-27-14-11-23/h4-9,12,16H,10-11,13-15H2,1-3H3,(H,22,24). The molecule has 29 heavy (non-hydrogen) atoms. The molecule has 0 bridgehead atoms. The maximum Gasteiger partial charge on any atom is 0.262 e. The highest BCUT2D eigenvalue weighted by Gasteiger charge is 2.32. The molecule has 1 amide bonds. The highest BCUT2D eigenvalue weighted by Crippen LogP contribution is 2.30. The van der Waals surface area contributed by atoms with Gasteiger partial charge in [0.25, 0.3) is 5.91 Å². The van der Waals surface area contributed by atoms with E-state index < -0.39 is 10.0 Å². The molecule has 1 aromatic carbocycles. The predicted octanol–water partition coefficient (Wildman–Crippen LogP) is 3.97. The van der Waals surface area contributed by atoms with E-state index in [1.807, 2.05) is 25.1 Å². The van der Waals surface area contributed by atoms with E-state index in [1.165, 1.54) is 21.2 Å². The highest BCUT2D eigenvalue weighted by atomic mass is 32.2. The van der Waals surface area contributed by atoms with E-state index in [0.29, 0.717) is 13.1 Å². The van der Waals surface area contributed by atoms with Crippen molar-refractivity contribution in [3.05, 3.63) is 52.2 Å². The minimum absolute atomic E-state index is 0.0956. The van der Waals surface area contributed by atoms with Gasteiger partial charge in [-0.1, -0.05) is 44.2 Å². The van der Waals surface area contributed by atoms with Gasteiger partial charge in [0.2, 0.25) is 10.0 Å². The van der Waals surface area contributed by atoms with Crippen LogP contribution in [0.5, 0.6) is 0 Å². The van der Waals surface area contributed by atoms with Gasteiger partial charge in [-0.25, -0.2) is 8.42 Å². The van der Waals surface area contributed by atoms with Gasteiger partial charge < -0.3 is 5.32 Å². The van der Waals surface area contributed by atoms with Crippen LogP contribution in [0, 0.1) is 0 Å². The Morgan fingerprint density at radius 2 is 1.83 bits per heavy atom. The molecule has 1 atom stereocenters. The summed E-state index contributed by atoms with van der Waals surface area (Å²) in [7, 11) is -3.64. The van der Waals surface area contributed by atoms with Gasteiger partial charge in [-0.2, -0.15) is 16.1 Å².